The number of hydrogen-bond acceptors (Lipinski definition) is 2. The number of hydrogen-bond donors (Lipinski definition) is 0. The highest BCUT2D eigenvalue weighted by Gasteiger charge is 2.19. The molecule has 2 nitrogen and oxygen atoms in total. The smallest absolute Gasteiger partial charge is 0.137 e. The van der Waals surface area contributed by atoms with Gasteiger partial charge >= 0.3 is 0 Å². The van der Waals surface area contributed by atoms with Gasteiger partial charge in [0.25, 0.3) is 0 Å². The summed E-state index contributed by atoms with van der Waals surface area (Å²) >= 11 is 0. The number of nitrogens with zero attached hydrogens (tertiary/aromatic N) is 1. The highest BCUT2D eigenvalue weighted by molar-refractivity contribution is 6.22. The van der Waals surface area contributed by atoms with Gasteiger partial charge in [0.15, 0.2) is 0 Å². The van der Waals surface area contributed by atoms with Gasteiger partial charge in [-0.25, -0.2) is 0 Å². The van der Waals surface area contributed by atoms with Gasteiger partial charge in [-0.2, -0.15) is 0 Å². The van der Waals surface area contributed by atoms with Crippen molar-refractivity contribution in [2.24, 2.45) is 0 Å². The van der Waals surface area contributed by atoms with E-state index in [1.54, 1.807) is 0 Å². The minimum Gasteiger partial charge on any atom is -0.456 e. The average molecular weight is 664 g/mol. The van der Waals surface area contributed by atoms with Crippen LogP contribution < -0.4 is 4.90 Å². The molecule has 0 bridgehead atoms. The van der Waals surface area contributed by atoms with Crippen molar-refractivity contribution in [3.8, 4) is 33.4 Å². The Balaban J connectivity index is 1.13. The van der Waals surface area contributed by atoms with Crippen molar-refractivity contribution >= 4 is 60.5 Å². The van der Waals surface area contributed by atoms with Crippen LogP contribution in [0.5, 0.6) is 0 Å². The molecule has 52 heavy (non-hydrogen) atoms. The van der Waals surface area contributed by atoms with Crippen LogP contribution in [0.1, 0.15) is 0 Å². The van der Waals surface area contributed by atoms with Crippen LogP contribution in [0, 0.1) is 0 Å². The third kappa shape index (κ3) is 5.04. The second kappa shape index (κ2) is 12.5. The van der Waals surface area contributed by atoms with Crippen LogP contribution in [0.15, 0.2) is 205 Å². The van der Waals surface area contributed by atoms with Gasteiger partial charge in [-0.05, 0) is 103 Å². The molecule has 10 rings (SSSR count). The molecule has 0 fully saturated rings. The van der Waals surface area contributed by atoms with Gasteiger partial charge in [0, 0.05) is 33.9 Å². The molecule has 1 heterocycles. The summed E-state index contributed by atoms with van der Waals surface area (Å²) in [6.07, 6.45) is 0. The number of para-hydroxylation sites is 2. The molecule has 9 aromatic carbocycles. The second-order valence-electron chi connectivity index (χ2n) is 13.3. The van der Waals surface area contributed by atoms with Crippen LogP contribution in [0.3, 0.4) is 0 Å². The van der Waals surface area contributed by atoms with E-state index in [2.05, 4.69) is 193 Å². The SMILES string of the molecule is c1ccc(-c2c(-c3ccccc3)c3cc(-c4ccc(N(c5ccccc5)c5ccc6c(c5)oc5ccccc56)cc4)ccc3c3ccccc23)cc1. The summed E-state index contributed by atoms with van der Waals surface area (Å²) in [5.74, 6) is 0. The summed E-state index contributed by atoms with van der Waals surface area (Å²) in [4.78, 5) is 2.29. The van der Waals surface area contributed by atoms with Crippen molar-refractivity contribution < 1.29 is 4.42 Å². The predicted octanol–water partition coefficient (Wildman–Crippen LogP) is 14.4. The number of rotatable bonds is 6. The lowest BCUT2D eigenvalue weighted by Gasteiger charge is -2.25. The van der Waals surface area contributed by atoms with E-state index < -0.39 is 0 Å². The fraction of sp³-hybridized carbons (Fsp3) is 0. The van der Waals surface area contributed by atoms with Crippen molar-refractivity contribution in [3.63, 3.8) is 0 Å². The molecule has 0 N–H and O–H groups in total. The molecule has 1 aromatic heterocycles. The molecule has 0 aliphatic heterocycles. The van der Waals surface area contributed by atoms with Crippen molar-refractivity contribution in [2.75, 3.05) is 4.90 Å². The van der Waals surface area contributed by atoms with Crippen molar-refractivity contribution in [3.05, 3.63) is 200 Å². The number of fused-ring (bicyclic) bond motifs is 6. The maximum absolute atomic E-state index is 6.31. The van der Waals surface area contributed by atoms with Crippen LogP contribution in [-0.4, -0.2) is 0 Å². The average Bonchev–Trinajstić information content (AvgIpc) is 3.59. The topological polar surface area (TPSA) is 16.4 Å². The fourth-order valence-corrected chi connectivity index (χ4v) is 7.86. The molecule has 0 aliphatic carbocycles. The first-order valence-corrected chi connectivity index (χ1v) is 17.8. The van der Waals surface area contributed by atoms with Gasteiger partial charge in [0.05, 0.1) is 0 Å². The van der Waals surface area contributed by atoms with E-state index in [1.165, 1.54) is 54.9 Å². The minimum absolute atomic E-state index is 0.879. The van der Waals surface area contributed by atoms with Crippen LogP contribution in [0.25, 0.3) is 76.9 Å². The third-order valence-corrected chi connectivity index (χ3v) is 10.2. The highest BCUT2D eigenvalue weighted by Crippen LogP contribution is 2.46. The summed E-state index contributed by atoms with van der Waals surface area (Å²) in [5.41, 5.74) is 12.3. The summed E-state index contributed by atoms with van der Waals surface area (Å²) in [6, 6.07) is 71.7. The molecule has 2 heteroatoms. The van der Waals surface area contributed by atoms with Crippen LogP contribution in [-0.2, 0) is 0 Å². The molecule has 0 radical (unpaired) electrons. The molecule has 0 spiro atoms. The lowest BCUT2D eigenvalue weighted by Crippen LogP contribution is -2.09. The van der Waals surface area contributed by atoms with E-state index in [0.29, 0.717) is 0 Å². The normalized spacial score (nSPS) is 11.5. The Bertz CT molecular complexity index is 2870. The number of anilines is 3. The van der Waals surface area contributed by atoms with Gasteiger partial charge in [0.2, 0.25) is 0 Å². The maximum Gasteiger partial charge on any atom is 0.137 e. The molecule has 0 saturated carbocycles. The summed E-state index contributed by atoms with van der Waals surface area (Å²) in [7, 11) is 0. The Hall–Kier alpha value is -6.90. The van der Waals surface area contributed by atoms with E-state index >= 15 is 0 Å². The molecule has 10 aromatic rings. The standard InChI is InChI=1S/C50H33NO/c1-4-14-35(15-5-1)49-45-22-11-10-20-41(45)42-30-26-37(32-46(42)50(49)36-16-6-2-7-17-36)34-24-27-39(28-25-34)51(38-18-8-3-9-19-38)40-29-31-44-43-21-12-13-23-47(43)52-48(44)33-40/h1-33H. The lowest BCUT2D eigenvalue weighted by molar-refractivity contribution is 0.669. The minimum atomic E-state index is 0.879. The monoisotopic (exact) mass is 663 g/mol. The fourth-order valence-electron chi connectivity index (χ4n) is 7.86. The van der Waals surface area contributed by atoms with Crippen molar-refractivity contribution in [1.29, 1.82) is 0 Å². The second-order valence-corrected chi connectivity index (χ2v) is 13.3. The molecule has 0 amide bonds. The Morgan fingerprint density at radius 1 is 0.269 bits per heavy atom. The largest absolute Gasteiger partial charge is 0.456 e. The maximum atomic E-state index is 6.31. The first-order valence-electron chi connectivity index (χ1n) is 17.8. The summed E-state index contributed by atoms with van der Waals surface area (Å²) in [5, 5.41) is 7.28. The molecule has 0 unspecified atom stereocenters. The van der Waals surface area contributed by atoms with Crippen molar-refractivity contribution in [1.82, 2.24) is 0 Å². The Morgan fingerprint density at radius 2 is 0.750 bits per heavy atom. The van der Waals surface area contributed by atoms with Crippen molar-refractivity contribution in [2.45, 2.75) is 0 Å². The number of furan rings is 1. The van der Waals surface area contributed by atoms with Gasteiger partial charge in [-0.15, -0.1) is 0 Å². The van der Waals surface area contributed by atoms with E-state index in [0.717, 1.165) is 39.0 Å². The lowest BCUT2D eigenvalue weighted by atomic mass is 9.84. The molecule has 0 atom stereocenters. The van der Waals surface area contributed by atoms with E-state index in [4.69, 9.17) is 4.42 Å². The molecular formula is C50H33NO. The van der Waals surface area contributed by atoms with Gasteiger partial charge in [-0.1, -0.05) is 146 Å². The van der Waals surface area contributed by atoms with Gasteiger partial charge in [-0.3, -0.25) is 0 Å². The quantitative estimate of drug-likeness (QED) is 0.165. The van der Waals surface area contributed by atoms with Gasteiger partial charge < -0.3 is 9.32 Å². The summed E-state index contributed by atoms with van der Waals surface area (Å²) in [6.45, 7) is 0. The van der Waals surface area contributed by atoms with Crippen LogP contribution in [0.4, 0.5) is 17.1 Å². The van der Waals surface area contributed by atoms with Crippen LogP contribution >= 0.6 is 0 Å². The Morgan fingerprint density at radius 3 is 1.46 bits per heavy atom. The van der Waals surface area contributed by atoms with E-state index in [9.17, 15) is 0 Å². The Labute approximate surface area is 302 Å². The Kier molecular flexibility index (Phi) is 7.18. The zero-order chi connectivity index (χ0) is 34.4. The third-order valence-electron chi connectivity index (χ3n) is 10.2. The number of benzene rings is 9. The van der Waals surface area contributed by atoms with Crippen LogP contribution in [0.2, 0.25) is 0 Å². The molecular weight excluding hydrogens is 631 g/mol. The van der Waals surface area contributed by atoms with E-state index in [1.807, 2.05) is 12.1 Å². The zero-order valence-corrected chi connectivity index (χ0v) is 28.4. The van der Waals surface area contributed by atoms with E-state index in [-0.39, 0.29) is 0 Å². The zero-order valence-electron chi connectivity index (χ0n) is 28.4. The predicted molar refractivity (Wildman–Crippen MR) is 220 cm³/mol. The van der Waals surface area contributed by atoms with Gasteiger partial charge in [0.1, 0.15) is 11.2 Å². The highest BCUT2D eigenvalue weighted by atomic mass is 16.3. The first-order chi connectivity index (χ1) is 25.8. The molecule has 244 valence electrons. The first kappa shape index (κ1) is 30.0. The molecule has 0 aliphatic rings. The summed E-state index contributed by atoms with van der Waals surface area (Å²) < 4.78 is 6.31. The molecule has 0 saturated heterocycles.